The van der Waals surface area contributed by atoms with E-state index in [-0.39, 0.29) is 31.8 Å². The van der Waals surface area contributed by atoms with Gasteiger partial charge in [0.2, 0.25) is 5.91 Å². The highest BCUT2D eigenvalue weighted by Crippen LogP contribution is 2.11. The molecule has 0 bridgehead atoms. The zero-order valence-corrected chi connectivity index (χ0v) is 12.3. The lowest BCUT2D eigenvalue weighted by Crippen LogP contribution is -2.12. The number of carboxylic acid groups (broad SMARTS) is 1. The van der Waals surface area contributed by atoms with Crippen molar-refractivity contribution in [2.45, 2.75) is 19.3 Å². The number of benzene rings is 1. The Balaban J connectivity index is 2.42. The molecule has 0 saturated carbocycles. The van der Waals surface area contributed by atoms with Crippen LogP contribution in [0.25, 0.3) is 0 Å². The Kier molecular flexibility index (Phi) is 7.63. The molecule has 1 amide bonds. The minimum atomic E-state index is -0.927. The van der Waals surface area contributed by atoms with Gasteiger partial charge in [-0.05, 0) is 30.7 Å². The summed E-state index contributed by atoms with van der Waals surface area (Å²) in [7, 11) is 1.52. The molecular weight excluding hydrogens is 290 g/mol. The molecule has 1 rings (SSSR count). The van der Waals surface area contributed by atoms with Crippen molar-refractivity contribution < 1.29 is 29.0 Å². The monoisotopic (exact) mass is 309 g/mol. The maximum absolute atomic E-state index is 11.6. The molecule has 0 aliphatic heterocycles. The Hall–Kier alpha value is -2.41. The Morgan fingerprint density at radius 2 is 1.77 bits per heavy atom. The van der Waals surface area contributed by atoms with E-state index >= 15 is 0 Å². The lowest BCUT2D eigenvalue weighted by Gasteiger charge is -2.07. The van der Waals surface area contributed by atoms with Crippen LogP contribution in [0.15, 0.2) is 24.3 Å². The molecular formula is C15H19NO6. The number of ether oxygens (including phenoxy) is 2. The summed E-state index contributed by atoms with van der Waals surface area (Å²) < 4.78 is 9.73. The number of rotatable bonds is 9. The van der Waals surface area contributed by atoms with E-state index in [1.165, 1.54) is 7.11 Å². The summed E-state index contributed by atoms with van der Waals surface area (Å²) in [5.74, 6) is -1.66. The summed E-state index contributed by atoms with van der Waals surface area (Å²) in [5, 5.41) is 11.1. The number of esters is 1. The van der Waals surface area contributed by atoms with Crippen molar-refractivity contribution in [3.8, 4) is 0 Å². The largest absolute Gasteiger partial charge is 0.481 e. The number of anilines is 1. The third kappa shape index (κ3) is 6.85. The molecule has 120 valence electrons. The Bertz CT molecular complexity index is 511. The fourth-order valence-electron chi connectivity index (χ4n) is 1.61. The Labute approximate surface area is 128 Å². The summed E-state index contributed by atoms with van der Waals surface area (Å²) in [5.41, 5.74) is 0.911. The van der Waals surface area contributed by atoms with E-state index in [0.29, 0.717) is 17.9 Å². The normalized spacial score (nSPS) is 10.0. The lowest BCUT2D eigenvalue weighted by atomic mass is 10.2. The first kappa shape index (κ1) is 17.6. The minimum absolute atomic E-state index is 0.0420. The summed E-state index contributed by atoms with van der Waals surface area (Å²) in [6.45, 7) is 0.508. The number of carboxylic acids is 1. The summed E-state index contributed by atoms with van der Waals surface area (Å²) in [6, 6.07) is 6.26. The average molecular weight is 309 g/mol. The number of amides is 1. The van der Waals surface area contributed by atoms with Crippen LogP contribution in [0, 0.1) is 0 Å². The first-order chi connectivity index (χ1) is 10.5. The highest BCUT2D eigenvalue weighted by atomic mass is 16.6. The van der Waals surface area contributed by atoms with Gasteiger partial charge in [0.1, 0.15) is 6.61 Å². The highest BCUT2D eigenvalue weighted by Gasteiger charge is 2.08. The van der Waals surface area contributed by atoms with Gasteiger partial charge in [-0.1, -0.05) is 0 Å². The Morgan fingerprint density at radius 3 is 2.36 bits per heavy atom. The van der Waals surface area contributed by atoms with Gasteiger partial charge in [0.05, 0.1) is 12.2 Å². The van der Waals surface area contributed by atoms with Gasteiger partial charge in [-0.25, -0.2) is 4.79 Å². The van der Waals surface area contributed by atoms with Crippen LogP contribution in [0.1, 0.15) is 29.6 Å². The Morgan fingerprint density at radius 1 is 1.09 bits per heavy atom. The van der Waals surface area contributed by atoms with Crippen molar-refractivity contribution >= 4 is 23.5 Å². The van der Waals surface area contributed by atoms with E-state index in [2.05, 4.69) is 5.32 Å². The third-order valence-corrected chi connectivity index (χ3v) is 2.72. The number of aliphatic carboxylic acids is 1. The number of nitrogens with one attached hydrogen (secondary N) is 1. The predicted octanol–water partition coefficient (Wildman–Crippen LogP) is 1.68. The van der Waals surface area contributed by atoms with Gasteiger partial charge in [-0.3, -0.25) is 9.59 Å². The number of methoxy groups -OCH3 is 1. The van der Waals surface area contributed by atoms with E-state index in [9.17, 15) is 14.4 Å². The number of hydrogen-bond acceptors (Lipinski definition) is 5. The van der Waals surface area contributed by atoms with E-state index < -0.39 is 11.9 Å². The van der Waals surface area contributed by atoms with Crippen LogP contribution in [0.3, 0.4) is 0 Å². The molecule has 1 aromatic rings. The van der Waals surface area contributed by atoms with Crippen molar-refractivity contribution in [1.82, 2.24) is 0 Å². The van der Waals surface area contributed by atoms with Crippen LogP contribution in [-0.2, 0) is 19.1 Å². The fraction of sp³-hybridized carbons (Fsp3) is 0.400. The molecule has 0 fully saturated rings. The molecule has 2 N–H and O–H groups in total. The van der Waals surface area contributed by atoms with Crippen LogP contribution in [0.2, 0.25) is 0 Å². The first-order valence-corrected chi connectivity index (χ1v) is 6.80. The molecule has 0 aliphatic carbocycles. The van der Waals surface area contributed by atoms with Gasteiger partial charge in [0, 0.05) is 25.6 Å². The predicted molar refractivity (Wildman–Crippen MR) is 78.7 cm³/mol. The van der Waals surface area contributed by atoms with Crippen LogP contribution in [-0.4, -0.2) is 43.3 Å². The molecule has 0 heterocycles. The van der Waals surface area contributed by atoms with Crippen molar-refractivity contribution in [1.29, 1.82) is 0 Å². The van der Waals surface area contributed by atoms with E-state index in [0.717, 1.165) is 0 Å². The molecule has 0 radical (unpaired) electrons. The summed E-state index contributed by atoms with van der Waals surface area (Å²) in [6.07, 6.45) is 0.373. The second-order valence-electron chi connectivity index (χ2n) is 4.50. The number of carbonyl (C=O) groups is 3. The van der Waals surface area contributed by atoms with Crippen molar-refractivity contribution in [3.63, 3.8) is 0 Å². The van der Waals surface area contributed by atoms with Gasteiger partial charge >= 0.3 is 11.9 Å². The second kappa shape index (κ2) is 9.51. The molecule has 7 nitrogen and oxygen atoms in total. The minimum Gasteiger partial charge on any atom is -0.481 e. The van der Waals surface area contributed by atoms with E-state index in [1.807, 2.05) is 0 Å². The molecule has 1 aromatic carbocycles. The molecule has 0 saturated heterocycles. The zero-order valence-electron chi connectivity index (χ0n) is 12.3. The first-order valence-electron chi connectivity index (χ1n) is 6.80. The number of hydrogen-bond donors (Lipinski definition) is 2. The molecule has 0 atom stereocenters. The van der Waals surface area contributed by atoms with Crippen LogP contribution >= 0.6 is 0 Å². The highest BCUT2D eigenvalue weighted by molar-refractivity contribution is 5.93. The second-order valence-corrected chi connectivity index (χ2v) is 4.50. The summed E-state index contributed by atoms with van der Waals surface area (Å²) in [4.78, 5) is 33.6. The molecule has 0 unspecified atom stereocenters. The summed E-state index contributed by atoms with van der Waals surface area (Å²) >= 11 is 0. The van der Waals surface area contributed by atoms with Gasteiger partial charge in [0.25, 0.3) is 0 Å². The van der Waals surface area contributed by atoms with Crippen LogP contribution in [0.4, 0.5) is 5.69 Å². The quantitative estimate of drug-likeness (QED) is 0.531. The van der Waals surface area contributed by atoms with Crippen molar-refractivity contribution in [2.75, 3.05) is 25.6 Å². The third-order valence-electron chi connectivity index (χ3n) is 2.72. The maximum Gasteiger partial charge on any atom is 0.338 e. The van der Waals surface area contributed by atoms with Gasteiger partial charge < -0.3 is 19.9 Å². The molecule has 0 spiro atoms. The van der Waals surface area contributed by atoms with Gasteiger partial charge in [0.15, 0.2) is 0 Å². The van der Waals surface area contributed by atoms with Gasteiger partial charge in [-0.15, -0.1) is 0 Å². The van der Waals surface area contributed by atoms with Gasteiger partial charge in [-0.2, -0.15) is 0 Å². The number of carbonyl (C=O) groups excluding carboxylic acids is 2. The standard InChI is InChI=1S/C15H19NO6/c1-21-9-10-22-15(20)11-5-7-12(8-6-11)16-13(17)3-2-4-14(18)19/h5-8H,2-4,9-10H2,1H3,(H,16,17)(H,18,19). The van der Waals surface area contributed by atoms with E-state index in [1.54, 1.807) is 24.3 Å². The maximum atomic E-state index is 11.6. The molecule has 7 heteroatoms. The molecule has 0 aliphatic rings. The molecule has 22 heavy (non-hydrogen) atoms. The lowest BCUT2D eigenvalue weighted by molar-refractivity contribution is -0.137. The molecule has 0 aromatic heterocycles. The smallest absolute Gasteiger partial charge is 0.338 e. The average Bonchev–Trinajstić information content (AvgIpc) is 2.47. The topological polar surface area (TPSA) is 102 Å². The van der Waals surface area contributed by atoms with E-state index in [4.69, 9.17) is 14.6 Å². The van der Waals surface area contributed by atoms with Crippen LogP contribution < -0.4 is 5.32 Å². The van der Waals surface area contributed by atoms with Crippen LogP contribution in [0.5, 0.6) is 0 Å². The fourth-order valence-corrected chi connectivity index (χ4v) is 1.61. The zero-order chi connectivity index (χ0) is 16.4. The van der Waals surface area contributed by atoms with Crippen molar-refractivity contribution in [3.05, 3.63) is 29.8 Å². The van der Waals surface area contributed by atoms with Crippen molar-refractivity contribution in [2.24, 2.45) is 0 Å². The SMILES string of the molecule is COCCOC(=O)c1ccc(NC(=O)CCCC(=O)O)cc1.